The van der Waals surface area contributed by atoms with Crippen LogP contribution in [0.1, 0.15) is 30.9 Å². The third-order valence-corrected chi connectivity index (χ3v) is 4.57. The van der Waals surface area contributed by atoms with Crippen molar-refractivity contribution >= 4 is 35.0 Å². The minimum atomic E-state index is -0.503. The van der Waals surface area contributed by atoms with Gasteiger partial charge in [-0.05, 0) is 48.7 Å². The lowest BCUT2D eigenvalue weighted by Crippen LogP contribution is -2.44. The van der Waals surface area contributed by atoms with E-state index in [9.17, 15) is 14.4 Å². The Balaban J connectivity index is 1.66. The van der Waals surface area contributed by atoms with E-state index in [0.717, 1.165) is 12.0 Å². The highest BCUT2D eigenvalue weighted by Gasteiger charge is 2.10. The number of hydrogen-bond donors (Lipinski definition) is 3. The number of anilines is 1. The maximum Gasteiger partial charge on any atom is 0.276 e. The molecule has 0 aliphatic carbocycles. The number of hydrogen-bond acceptors (Lipinski definition) is 4. The number of carbonyl (C=O) groups is 3. The van der Waals surface area contributed by atoms with Gasteiger partial charge in [-0.2, -0.15) is 0 Å². The minimum absolute atomic E-state index is 0.0338. The molecule has 154 valence electrons. The van der Waals surface area contributed by atoms with Gasteiger partial charge in [-0.25, -0.2) is 0 Å². The largest absolute Gasteiger partial charge is 0.484 e. The van der Waals surface area contributed by atoms with Gasteiger partial charge in [0.25, 0.3) is 5.91 Å². The van der Waals surface area contributed by atoms with Crippen molar-refractivity contribution in [1.82, 2.24) is 10.9 Å². The highest BCUT2D eigenvalue weighted by molar-refractivity contribution is 6.31. The first-order chi connectivity index (χ1) is 13.9. The Morgan fingerprint density at radius 1 is 0.931 bits per heavy atom. The van der Waals surface area contributed by atoms with Gasteiger partial charge in [-0.1, -0.05) is 36.7 Å². The maximum absolute atomic E-state index is 12.0. The third-order valence-electron chi connectivity index (χ3n) is 4.16. The number of hydrazine groups is 1. The Kier molecular flexibility index (Phi) is 8.48. The molecule has 7 nitrogen and oxygen atoms in total. The van der Waals surface area contributed by atoms with E-state index >= 15 is 0 Å². The average molecular weight is 418 g/mol. The standard InChI is InChI=1S/C21H24ClN3O4/c1-3-15-7-9-16(10-8-15)29-13-21(28)25-24-20(27)12-11-19(26)23-18-6-4-5-17(22)14(18)2/h4-10H,3,11-13H2,1-2H3,(H,23,26)(H,24,27)(H,25,28). The van der Waals surface area contributed by atoms with Crippen molar-refractivity contribution in [1.29, 1.82) is 0 Å². The molecule has 2 rings (SSSR count). The molecule has 0 radical (unpaired) electrons. The van der Waals surface area contributed by atoms with Crippen LogP contribution in [-0.4, -0.2) is 24.3 Å². The molecular weight excluding hydrogens is 394 g/mol. The molecule has 0 fully saturated rings. The summed E-state index contributed by atoms with van der Waals surface area (Å²) in [6.45, 7) is 3.61. The zero-order valence-corrected chi connectivity index (χ0v) is 17.1. The number of amides is 3. The highest BCUT2D eigenvalue weighted by atomic mass is 35.5. The normalized spacial score (nSPS) is 10.2. The van der Waals surface area contributed by atoms with Crippen LogP contribution in [-0.2, 0) is 20.8 Å². The molecule has 0 aliphatic heterocycles. The summed E-state index contributed by atoms with van der Waals surface area (Å²) in [7, 11) is 0. The molecule has 0 saturated carbocycles. The SMILES string of the molecule is CCc1ccc(OCC(=O)NNC(=O)CCC(=O)Nc2cccc(Cl)c2C)cc1. The first-order valence-electron chi connectivity index (χ1n) is 9.23. The average Bonchev–Trinajstić information content (AvgIpc) is 2.73. The van der Waals surface area contributed by atoms with Crippen LogP contribution < -0.4 is 20.9 Å². The monoisotopic (exact) mass is 417 g/mol. The Labute approximate surface area is 174 Å². The number of benzene rings is 2. The fraction of sp³-hybridized carbons (Fsp3) is 0.286. The quantitative estimate of drug-likeness (QED) is 0.575. The van der Waals surface area contributed by atoms with Gasteiger partial charge in [0.05, 0.1) is 0 Å². The van der Waals surface area contributed by atoms with Gasteiger partial charge in [-0.15, -0.1) is 0 Å². The summed E-state index contributed by atoms with van der Waals surface area (Å²) in [6, 6.07) is 12.6. The Morgan fingerprint density at radius 2 is 1.59 bits per heavy atom. The number of halogens is 1. The van der Waals surface area contributed by atoms with E-state index < -0.39 is 11.8 Å². The minimum Gasteiger partial charge on any atom is -0.484 e. The van der Waals surface area contributed by atoms with Crippen molar-refractivity contribution < 1.29 is 19.1 Å². The molecule has 3 N–H and O–H groups in total. The van der Waals surface area contributed by atoms with Gasteiger partial charge in [0.2, 0.25) is 11.8 Å². The summed E-state index contributed by atoms with van der Waals surface area (Å²) in [4.78, 5) is 35.5. The van der Waals surface area contributed by atoms with Crippen molar-refractivity contribution in [3.63, 3.8) is 0 Å². The lowest BCUT2D eigenvalue weighted by Gasteiger charge is -2.10. The van der Waals surface area contributed by atoms with Crippen LogP contribution in [0.25, 0.3) is 0 Å². The molecule has 3 amide bonds. The fourth-order valence-corrected chi connectivity index (χ4v) is 2.57. The Bertz CT molecular complexity index is 869. The molecule has 0 aromatic heterocycles. The van der Waals surface area contributed by atoms with Crippen molar-refractivity contribution in [3.8, 4) is 5.75 Å². The van der Waals surface area contributed by atoms with E-state index in [4.69, 9.17) is 16.3 Å². The number of ether oxygens (including phenoxy) is 1. The second-order valence-electron chi connectivity index (χ2n) is 6.34. The van der Waals surface area contributed by atoms with Crippen LogP contribution in [0.4, 0.5) is 5.69 Å². The number of nitrogens with one attached hydrogen (secondary N) is 3. The number of rotatable bonds is 8. The van der Waals surface area contributed by atoms with E-state index in [0.29, 0.717) is 16.5 Å². The summed E-state index contributed by atoms with van der Waals surface area (Å²) < 4.78 is 5.35. The molecule has 8 heteroatoms. The van der Waals surface area contributed by atoms with Crippen LogP contribution in [0.5, 0.6) is 5.75 Å². The van der Waals surface area contributed by atoms with Gasteiger partial charge < -0.3 is 10.1 Å². The lowest BCUT2D eigenvalue weighted by atomic mass is 10.2. The van der Waals surface area contributed by atoms with Crippen LogP contribution in [0.15, 0.2) is 42.5 Å². The molecule has 0 bridgehead atoms. The molecule has 0 unspecified atom stereocenters. The molecule has 0 saturated heterocycles. The van der Waals surface area contributed by atoms with Crippen molar-refractivity contribution in [3.05, 3.63) is 58.6 Å². The molecule has 0 heterocycles. The zero-order valence-electron chi connectivity index (χ0n) is 16.4. The van der Waals surface area contributed by atoms with E-state index in [1.54, 1.807) is 37.3 Å². The van der Waals surface area contributed by atoms with E-state index in [1.165, 1.54) is 5.56 Å². The fourth-order valence-electron chi connectivity index (χ4n) is 2.39. The summed E-state index contributed by atoms with van der Waals surface area (Å²) in [5.74, 6) is -0.743. The van der Waals surface area contributed by atoms with Gasteiger partial charge in [0, 0.05) is 23.6 Å². The van der Waals surface area contributed by atoms with Crippen LogP contribution >= 0.6 is 11.6 Å². The van der Waals surface area contributed by atoms with Crippen LogP contribution in [0, 0.1) is 6.92 Å². The Hall–Kier alpha value is -3.06. The lowest BCUT2D eigenvalue weighted by molar-refractivity contribution is -0.130. The molecule has 0 atom stereocenters. The van der Waals surface area contributed by atoms with Gasteiger partial charge in [0.1, 0.15) is 5.75 Å². The molecular formula is C21H24ClN3O4. The molecule has 0 spiro atoms. The zero-order chi connectivity index (χ0) is 21.2. The van der Waals surface area contributed by atoms with Gasteiger partial charge in [-0.3, -0.25) is 25.2 Å². The molecule has 29 heavy (non-hydrogen) atoms. The summed E-state index contributed by atoms with van der Waals surface area (Å²) in [5, 5.41) is 3.26. The van der Waals surface area contributed by atoms with Crippen molar-refractivity contribution in [2.24, 2.45) is 0 Å². The van der Waals surface area contributed by atoms with E-state index in [1.807, 2.05) is 19.1 Å². The van der Waals surface area contributed by atoms with Gasteiger partial charge in [0.15, 0.2) is 6.61 Å². The first-order valence-corrected chi connectivity index (χ1v) is 9.61. The second-order valence-corrected chi connectivity index (χ2v) is 6.75. The molecule has 2 aromatic carbocycles. The first kappa shape index (κ1) is 22.2. The van der Waals surface area contributed by atoms with E-state index in [2.05, 4.69) is 16.2 Å². The molecule has 0 aliphatic rings. The summed E-state index contributed by atoms with van der Waals surface area (Å²) in [6.07, 6.45) is 0.808. The molecule has 2 aromatic rings. The number of aryl methyl sites for hydroxylation is 1. The van der Waals surface area contributed by atoms with Crippen molar-refractivity contribution in [2.45, 2.75) is 33.1 Å². The Morgan fingerprint density at radius 3 is 2.28 bits per heavy atom. The van der Waals surface area contributed by atoms with Crippen molar-refractivity contribution in [2.75, 3.05) is 11.9 Å². The predicted molar refractivity (Wildman–Crippen MR) is 112 cm³/mol. The van der Waals surface area contributed by atoms with Crippen LogP contribution in [0.3, 0.4) is 0 Å². The maximum atomic E-state index is 12.0. The summed E-state index contributed by atoms with van der Waals surface area (Å²) in [5.41, 5.74) is 7.03. The third kappa shape index (κ3) is 7.46. The second kappa shape index (κ2) is 11.1. The highest BCUT2D eigenvalue weighted by Crippen LogP contribution is 2.23. The predicted octanol–water partition coefficient (Wildman–Crippen LogP) is 3.16. The van der Waals surface area contributed by atoms with E-state index in [-0.39, 0.29) is 25.4 Å². The van der Waals surface area contributed by atoms with Crippen LogP contribution in [0.2, 0.25) is 5.02 Å². The topological polar surface area (TPSA) is 96.5 Å². The smallest absolute Gasteiger partial charge is 0.276 e. The van der Waals surface area contributed by atoms with Gasteiger partial charge >= 0.3 is 0 Å². The number of carbonyl (C=O) groups excluding carboxylic acids is 3. The summed E-state index contributed by atoms with van der Waals surface area (Å²) >= 11 is 6.01.